The minimum atomic E-state index is -2.66. The number of alkyl halides is 2. The van der Waals surface area contributed by atoms with Crippen LogP contribution in [0.15, 0.2) is 4.47 Å². The van der Waals surface area contributed by atoms with Gasteiger partial charge >= 0.3 is 0 Å². The number of amides is 1. The zero-order valence-electron chi connectivity index (χ0n) is 8.79. The third kappa shape index (κ3) is 2.47. The summed E-state index contributed by atoms with van der Waals surface area (Å²) in [6, 6.07) is 0. The van der Waals surface area contributed by atoms with Gasteiger partial charge in [0.2, 0.25) is 0 Å². The summed E-state index contributed by atoms with van der Waals surface area (Å²) in [5.74, 6) is 4.70. The third-order valence-electron chi connectivity index (χ3n) is 2.58. The molecule has 1 amide bonds. The second kappa shape index (κ2) is 4.69. The quantitative estimate of drug-likeness (QED) is 0.502. The Labute approximate surface area is 104 Å². The van der Waals surface area contributed by atoms with E-state index in [2.05, 4.69) is 21.0 Å². The fourth-order valence-electron chi connectivity index (χ4n) is 1.66. The number of aromatic nitrogens is 2. The van der Waals surface area contributed by atoms with E-state index in [0.29, 0.717) is 10.2 Å². The summed E-state index contributed by atoms with van der Waals surface area (Å²) < 4.78 is 27.0. The van der Waals surface area contributed by atoms with Crippen LogP contribution in [0.5, 0.6) is 0 Å². The average molecular weight is 309 g/mol. The molecule has 0 saturated heterocycles. The van der Waals surface area contributed by atoms with Gasteiger partial charge in [-0.15, -0.1) is 0 Å². The van der Waals surface area contributed by atoms with E-state index in [1.165, 1.54) is 4.68 Å². The Hall–Kier alpha value is -1.02. The van der Waals surface area contributed by atoms with E-state index in [9.17, 15) is 13.6 Å². The maximum absolute atomic E-state index is 12.7. The molecule has 5 nitrogen and oxygen atoms in total. The first-order chi connectivity index (χ1) is 8.04. The molecule has 1 aromatic rings. The summed E-state index contributed by atoms with van der Waals surface area (Å²) in [5, 5.41) is 3.76. The Morgan fingerprint density at radius 1 is 1.65 bits per heavy atom. The van der Waals surface area contributed by atoms with E-state index in [1.807, 2.05) is 5.43 Å². The van der Waals surface area contributed by atoms with Gasteiger partial charge in [-0.2, -0.15) is 5.10 Å². The van der Waals surface area contributed by atoms with Crippen LogP contribution in [0.25, 0.3) is 0 Å². The maximum Gasteiger partial charge on any atom is 0.283 e. The molecule has 0 radical (unpaired) electrons. The number of hydrazine groups is 1. The molecule has 1 aliphatic rings. The highest BCUT2D eigenvalue weighted by Crippen LogP contribution is 2.45. The predicted molar refractivity (Wildman–Crippen MR) is 59.2 cm³/mol. The van der Waals surface area contributed by atoms with Crippen molar-refractivity contribution < 1.29 is 13.6 Å². The second-order valence-electron chi connectivity index (χ2n) is 3.88. The van der Waals surface area contributed by atoms with Crippen molar-refractivity contribution in [1.29, 1.82) is 0 Å². The first-order valence-corrected chi connectivity index (χ1v) is 5.87. The number of rotatable bonds is 4. The molecular formula is C9H11BrF2N4O. The van der Waals surface area contributed by atoms with E-state index < -0.39 is 12.3 Å². The van der Waals surface area contributed by atoms with Crippen molar-refractivity contribution in [2.45, 2.75) is 31.7 Å². The van der Waals surface area contributed by atoms with Crippen LogP contribution in [0.1, 0.15) is 36.6 Å². The van der Waals surface area contributed by atoms with E-state index in [0.717, 1.165) is 12.8 Å². The van der Waals surface area contributed by atoms with Crippen molar-refractivity contribution in [3.05, 3.63) is 15.9 Å². The molecule has 3 N–H and O–H groups in total. The third-order valence-corrected chi connectivity index (χ3v) is 3.39. The van der Waals surface area contributed by atoms with Crippen LogP contribution in [-0.2, 0) is 11.3 Å². The van der Waals surface area contributed by atoms with Crippen molar-refractivity contribution >= 4 is 21.8 Å². The van der Waals surface area contributed by atoms with Gasteiger partial charge in [-0.3, -0.25) is 14.9 Å². The molecule has 1 fully saturated rings. The van der Waals surface area contributed by atoms with Crippen LogP contribution in [-0.4, -0.2) is 15.7 Å². The van der Waals surface area contributed by atoms with Crippen molar-refractivity contribution in [3.63, 3.8) is 0 Å². The summed E-state index contributed by atoms with van der Waals surface area (Å²) in [4.78, 5) is 11.2. The molecule has 0 spiro atoms. The molecule has 1 aliphatic carbocycles. The van der Waals surface area contributed by atoms with Gasteiger partial charge in [0.25, 0.3) is 12.3 Å². The number of carbonyl (C=O) groups is 1. The lowest BCUT2D eigenvalue weighted by atomic mass is 10.2. The number of nitrogens with two attached hydrogens (primary N) is 1. The average Bonchev–Trinajstić information content (AvgIpc) is 3.04. The zero-order valence-corrected chi connectivity index (χ0v) is 10.4. The van der Waals surface area contributed by atoms with Crippen LogP contribution < -0.4 is 11.3 Å². The highest BCUT2D eigenvalue weighted by atomic mass is 79.9. The molecule has 0 aliphatic heterocycles. The molecule has 17 heavy (non-hydrogen) atoms. The smallest absolute Gasteiger partial charge is 0.283 e. The standard InChI is InChI=1S/C9H11BrF2N4O/c10-6-7(9(11)12)15-16(3-5(17)14-13)8(6)4-1-2-4/h4,9H,1-3,13H2,(H,14,17). The van der Waals surface area contributed by atoms with Crippen molar-refractivity contribution in [3.8, 4) is 0 Å². The zero-order chi connectivity index (χ0) is 12.6. The number of hydrogen-bond donors (Lipinski definition) is 2. The lowest BCUT2D eigenvalue weighted by molar-refractivity contribution is -0.121. The first-order valence-electron chi connectivity index (χ1n) is 5.08. The molecule has 1 heterocycles. The summed E-state index contributed by atoms with van der Waals surface area (Å²) in [7, 11) is 0. The molecule has 0 unspecified atom stereocenters. The van der Waals surface area contributed by atoms with Gasteiger partial charge in [0.1, 0.15) is 12.2 Å². The van der Waals surface area contributed by atoms with Crippen LogP contribution >= 0.6 is 15.9 Å². The second-order valence-corrected chi connectivity index (χ2v) is 4.68. The Bertz CT molecular complexity index is 444. The molecule has 0 bridgehead atoms. The number of nitrogens with zero attached hydrogens (tertiary/aromatic N) is 2. The summed E-state index contributed by atoms with van der Waals surface area (Å²) in [5.41, 5.74) is 2.29. The van der Waals surface area contributed by atoms with Crippen molar-refractivity contribution in [2.24, 2.45) is 5.84 Å². The highest BCUT2D eigenvalue weighted by Gasteiger charge is 2.33. The summed E-state index contributed by atoms with van der Waals surface area (Å²) in [6.45, 7) is -0.145. The number of halogens is 3. The Kier molecular flexibility index (Phi) is 3.43. The van der Waals surface area contributed by atoms with Crippen LogP contribution in [0, 0.1) is 0 Å². The fraction of sp³-hybridized carbons (Fsp3) is 0.556. The summed E-state index contributed by atoms with van der Waals surface area (Å²) in [6.07, 6.45) is -0.807. The van der Waals surface area contributed by atoms with Crippen LogP contribution in [0.2, 0.25) is 0 Å². The molecule has 8 heteroatoms. The van der Waals surface area contributed by atoms with E-state index in [-0.39, 0.29) is 18.2 Å². The monoisotopic (exact) mass is 308 g/mol. The van der Waals surface area contributed by atoms with Gasteiger partial charge in [0, 0.05) is 5.92 Å². The van der Waals surface area contributed by atoms with Gasteiger partial charge in [-0.05, 0) is 28.8 Å². The van der Waals surface area contributed by atoms with Crippen LogP contribution in [0.4, 0.5) is 8.78 Å². The normalized spacial score (nSPS) is 15.4. The van der Waals surface area contributed by atoms with Gasteiger partial charge in [0.05, 0.1) is 10.2 Å². The first kappa shape index (κ1) is 12.4. The topological polar surface area (TPSA) is 72.9 Å². The number of hydrogen-bond acceptors (Lipinski definition) is 3. The van der Waals surface area contributed by atoms with Gasteiger partial charge < -0.3 is 0 Å². The number of nitrogens with one attached hydrogen (secondary N) is 1. The molecule has 1 saturated carbocycles. The van der Waals surface area contributed by atoms with E-state index in [1.54, 1.807) is 0 Å². The van der Waals surface area contributed by atoms with Gasteiger partial charge in [-0.25, -0.2) is 14.6 Å². The van der Waals surface area contributed by atoms with E-state index in [4.69, 9.17) is 5.84 Å². The van der Waals surface area contributed by atoms with Crippen molar-refractivity contribution in [2.75, 3.05) is 0 Å². The Morgan fingerprint density at radius 3 is 2.76 bits per heavy atom. The van der Waals surface area contributed by atoms with Crippen LogP contribution in [0.3, 0.4) is 0 Å². The lowest BCUT2D eigenvalue weighted by Crippen LogP contribution is -2.33. The Balaban J connectivity index is 2.35. The summed E-state index contributed by atoms with van der Waals surface area (Å²) >= 11 is 3.13. The maximum atomic E-state index is 12.7. The molecule has 1 aromatic heterocycles. The SMILES string of the molecule is NNC(=O)Cn1nc(C(F)F)c(Br)c1C1CC1. The lowest BCUT2D eigenvalue weighted by Gasteiger charge is -2.05. The van der Waals surface area contributed by atoms with Gasteiger partial charge in [-0.1, -0.05) is 0 Å². The Morgan fingerprint density at radius 2 is 2.29 bits per heavy atom. The molecule has 94 valence electrons. The largest absolute Gasteiger partial charge is 0.293 e. The molecule has 0 atom stereocenters. The highest BCUT2D eigenvalue weighted by molar-refractivity contribution is 9.10. The van der Waals surface area contributed by atoms with Crippen molar-refractivity contribution in [1.82, 2.24) is 15.2 Å². The van der Waals surface area contributed by atoms with Gasteiger partial charge in [0.15, 0.2) is 0 Å². The molecule has 2 rings (SSSR count). The fourth-order valence-corrected chi connectivity index (χ4v) is 2.44. The predicted octanol–water partition coefficient (Wildman–Crippen LogP) is 1.45. The minimum absolute atomic E-state index is 0.145. The van der Waals surface area contributed by atoms with E-state index >= 15 is 0 Å². The minimum Gasteiger partial charge on any atom is -0.293 e. The molecule has 0 aromatic carbocycles. The number of carbonyl (C=O) groups excluding carboxylic acids is 1. The molecular weight excluding hydrogens is 298 g/mol.